The number of piperidine rings is 1. The molecule has 0 saturated carbocycles. The number of hydrogen-bond donors (Lipinski definition) is 1. The van der Waals surface area contributed by atoms with Gasteiger partial charge >= 0.3 is 0 Å². The second-order valence-electron chi connectivity index (χ2n) is 7.25. The van der Waals surface area contributed by atoms with Crippen molar-refractivity contribution < 1.29 is 4.79 Å². The fraction of sp³-hybridized carbons (Fsp3) is 0.348. The molecule has 0 spiro atoms. The predicted octanol–water partition coefficient (Wildman–Crippen LogP) is 6.42. The van der Waals surface area contributed by atoms with E-state index in [4.69, 9.17) is 34.8 Å². The Balaban J connectivity index is 1.49. The molecule has 0 unspecified atom stereocenters. The Morgan fingerprint density at radius 3 is 2.28 bits per heavy atom. The van der Waals surface area contributed by atoms with Crippen molar-refractivity contribution in [2.24, 2.45) is 0 Å². The third-order valence-corrected chi connectivity index (χ3v) is 5.89. The Kier molecular flexibility index (Phi) is 8.43. The number of rotatable bonds is 7. The third-order valence-electron chi connectivity index (χ3n) is 5.04. The normalized spacial score (nSPS) is 15.0. The molecule has 0 radical (unpaired) electrons. The number of carbonyl (C=O) groups is 1. The van der Waals surface area contributed by atoms with Crippen LogP contribution < -0.4 is 5.32 Å². The third kappa shape index (κ3) is 6.75. The van der Waals surface area contributed by atoms with Crippen LogP contribution in [-0.4, -0.2) is 37.0 Å². The van der Waals surface area contributed by atoms with E-state index in [2.05, 4.69) is 10.2 Å². The molecular formula is C23H25Cl3N2O. The fourth-order valence-corrected chi connectivity index (χ4v) is 4.37. The summed E-state index contributed by atoms with van der Waals surface area (Å²) >= 11 is 18.3. The highest BCUT2D eigenvalue weighted by atomic mass is 35.5. The molecule has 2 aromatic carbocycles. The van der Waals surface area contributed by atoms with Crippen molar-refractivity contribution in [3.8, 4) is 0 Å². The smallest absolute Gasteiger partial charge is 0.251 e. The van der Waals surface area contributed by atoms with Crippen LogP contribution in [0, 0.1) is 0 Å². The predicted molar refractivity (Wildman–Crippen MR) is 124 cm³/mol. The van der Waals surface area contributed by atoms with Crippen molar-refractivity contribution >= 4 is 52.9 Å². The summed E-state index contributed by atoms with van der Waals surface area (Å²) in [7, 11) is 0. The van der Waals surface area contributed by atoms with Gasteiger partial charge in [0.1, 0.15) is 0 Å². The second kappa shape index (κ2) is 11.0. The van der Waals surface area contributed by atoms with Crippen molar-refractivity contribution in [3.63, 3.8) is 0 Å². The number of likely N-dealkylation sites (tertiary alicyclic amines) is 1. The number of benzene rings is 2. The van der Waals surface area contributed by atoms with Gasteiger partial charge < -0.3 is 10.2 Å². The van der Waals surface area contributed by atoms with E-state index in [1.54, 1.807) is 12.1 Å². The van der Waals surface area contributed by atoms with Gasteiger partial charge in [-0.1, -0.05) is 65.5 Å². The molecule has 1 N–H and O–H groups in total. The second-order valence-corrected chi connectivity index (χ2v) is 8.50. The van der Waals surface area contributed by atoms with Gasteiger partial charge in [-0.25, -0.2) is 0 Å². The molecule has 0 aromatic heterocycles. The average Bonchev–Trinajstić information content (AvgIpc) is 2.71. The molecule has 29 heavy (non-hydrogen) atoms. The number of hydrogen-bond acceptors (Lipinski definition) is 2. The summed E-state index contributed by atoms with van der Waals surface area (Å²) in [4.78, 5) is 14.8. The molecule has 2 aromatic rings. The summed E-state index contributed by atoms with van der Waals surface area (Å²) in [6.45, 7) is 4.13. The summed E-state index contributed by atoms with van der Waals surface area (Å²) in [5.74, 6) is -0.0389. The molecule has 1 amide bonds. The van der Waals surface area contributed by atoms with Crippen LogP contribution in [0.2, 0.25) is 15.1 Å². The van der Waals surface area contributed by atoms with Crippen LogP contribution in [0.25, 0.3) is 12.2 Å². The molecule has 0 atom stereocenters. The van der Waals surface area contributed by atoms with Crippen molar-refractivity contribution in [1.29, 1.82) is 0 Å². The van der Waals surface area contributed by atoms with Crippen LogP contribution in [0.1, 0.15) is 47.2 Å². The molecule has 0 bridgehead atoms. The molecular weight excluding hydrogens is 427 g/mol. The summed E-state index contributed by atoms with van der Waals surface area (Å²) in [6, 6.07) is 10.8. The summed E-state index contributed by atoms with van der Waals surface area (Å²) in [5, 5.41) is 4.51. The molecule has 1 saturated heterocycles. The van der Waals surface area contributed by atoms with Crippen LogP contribution in [0.3, 0.4) is 0 Å². The van der Waals surface area contributed by atoms with Crippen LogP contribution in [0.15, 0.2) is 36.4 Å². The molecule has 3 rings (SSSR count). The van der Waals surface area contributed by atoms with E-state index >= 15 is 0 Å². The summed E-state index contributed by atoms with van der Waals surface area (Å²) in [6.07, 6.45) is 8.67. The van der Waals surface area contributed by atoms with Gasteiger partial charge in [-0.2, -0.15) is 0 Å². The minimum atomic E-state index is -0.0389. The van der Waals surface area contributed by atoms with E-state index in [0.717, 1.165) is 18.5 Å². The Morgan fingerprint density at radius 1 is 0.966 bits per heavy atom. The SMILES string of the molecule is O=C(NCCCN1CCCCC1)c1ccc(/C=C/c2c(Cl)cc(Cl)cc2Cl)cc1. The highest BCUT2D eigenvalue weighted by Gasteiger charge is 2.10. The zero-order valence-corrected chi connectivity index (χ0v) is 18.5. The van der Waals surface area contributed by atoms with Crippen LogP contribution >= 0.6 is 34.8 Å². The minimum absolute atomic E-state index is 0.0389. The first kappa shape index (κ1) is 22.2. The number of nitrogens with one attached hydrogen (secondary N) is 1. The van der Waals surface area contributed by atoms with Crippen molar-refractivity contribution in [2.75, 3.05) is 26.2 Å². The molecule has 3 nitrogen and oxygen atoms in total. The Hall–Kier alpha value is -1.52. The lowest BCUT2D eigenvalue weighted by atomic mass is 10.1. The molecule has 1 aliphatic heterocycles. The van der Waals surface area contributed by atoms with E-state index in [1.807, 2.05) is 36.4 Å². The molecule has 1 heterocycles. The van der Waals surface area contributed by atoms with Crippen LogP contribution in [0.4, 0.5) is 0 Å². The Bertz CT molecular complexity index is 836. The van der Waals surface area contributed by atoms with Crippen molar-refractivity contribution in [2.45, 2.75) is 25.7 Å². The number of halogens is 3. The summed E-state index contributed by atoms with van der Waals surface area (Å²) < 4.78 is 0. The van der Waals surface area contributed by atoms with Gasteiger partial charge in [-0.15, -0.1) is 0 Å². The first-order valence-corrected chi connectivity index (χ1v) is 11.1. The van der Waals surface area contributed by atoms with E-state index in [1.165, 1.54) is 32.4 Å². The van der Waals surface area contributed by atoms with E-state index in [0.29, 0.717) is 32.7 Å². The molecule has 1 aliphatic rings. The molecule has 6 heteroatoms. The van der Waals surface area contributed by atoms with Crippen molar-refractivity contribution in [1.82, 2.24) is 10.2 Å². The highest BCUT2D eigenvalue weighted by molar-refractivity contribution is 6.40. The Labute approximate surface area is 187 Å². The maximum Gasteiger partial charge on any atom is 0.251 e. The maximum atomic E-state index is 12.3. The quantitative estimate of drug-likeness (QED) is 0.389. The first-order valence-electron chi connectivity index (χ1n) is 9.96. The standard InChI is InChI=1S/C23H25Cl3N2O/c24-19-15-21(25)20(22(26)16-19)10-7-17-5-8-18(9-6-17)23(29)27-11-4-14-28-12-2-1-3-13-28/h5-10,15-16H,1-4,11-14H2,(H,27,29)/b10-7+. The topological polar surface area (TPSA) is 32.3 Å². The van der Waals surface area contributed by atoms with E-state index < -0.39 is 0 Å². The minimum Gasteiger partial charge on any atom is -0.352 e. The van der Waals surface area contributed by atoms with Gasteiger partial charge in [0.05, 0.1) is 10.0 Å². The number of amides is 1. The van der Waals surface area contributed by atoms with Crippen LogP contribution in [0.5, 0.6) is 0 Å². The Morgan fingerprint density at radius 2 is 1.62 bits per heavy atom. The highest BCUT2D eigenvalue weighted by Crippen LogP contribution is 2.30. The first-order chi connectivity index (χ1) is 14.0. The lowest BCUT2D eigenvalue weighted by molar-refractivity contribution is 0.0951. The van der Waals surface area contributed by atoms with Crippen molar-refractivity contribution in [3.05, 3.63) is 68.2 Å². The van der Waals surface area contributed by atoms with Gasteiger partial charge in [0.25, 0.3) is 5.91 Å². The van der Waals surface area contributed by atoms with Gasteiger partial charge in [-0.3, -0.25) is 4.79 Å². The largest absolute Gasteiger partial charge is 0.352 e. The fourth-order valence-electron chi connectivity index (χ4n) is 3.43. The van der Waals surface area contributed by atoms with Gasteiger partial charge in [0.15, 0.2) is 0 Å². The zero-order valence-electron chi connectivity index (χ0n) is 16.3. The number of carbonyl (C=O) groups excluding carboxylic acids is 1. The lowest BCUT2D eigenvalue weighted by Gasteiger charge is -2.26. The summed E-state index contributed by atoms with van der Waals surface area (Å²) in [5.41, 5.74) is 2.32. The van der Waals surface area contributed by atoms with Gasteiger partial charge in [-0.05, 0) is 68.7 Å². The zero-order chi connectivity index (χ0) is 20.6. The average molecular weight is 452 g/mol. The van der Waals surface area contributed by atoms with Gasteiger partial charge in [0.2, 0.25) is 0 Å². The molecule has 154 valence electrons. The van der Waals surface area contributed by atoms with Gasteiger partial charge in [0, 0.05) is 22.7 Å². The monoisotopic (exact) mass is 450 g/mol. The van der Waals surface area contributed by atoms with E-state index in [9.17, 15) is 4.79 Å². The molecule has 1 fully saturated rings. The van der Waals surface area contributed by atoms with E-state index in [-0.39, 0.29) is 5.91 Å². The maximum absolute atomic E-state index is 12.3. The lowest BCUT2D eigenvalue weighted by Crippen LogP contribution is -2.33. The molecule has 0 aliphatic carbocycles. The number of nitrogens with zero attached hydrogens (tertiary/aromatic N) is 1. The van der Waals surface area contributed by atoms with Crippen LogP contribution in [-0.2, 0) is 0 Å².